The van der Waals surface area contributed by atoms with Crippen LogP contribution < -0.4 is 19.8 Å². The molecule has 98 valence electrons. The van der Waals surface area contributed by atoms with Gasteiger partial charge in [0.2, 0.25) is 5.75 Å². The molecule has 0 atom stereocenters. The van der Waals surface area contributed by atoms with Gasteiger partial charge in [-0.15, -0.1) is 6.42 Å². The molecule has 0 aliphatic rings. The van der Waals surface area contributed by atoms with Crippen molar-refractivity contribution in [1.29, 1.82) is 0 Å². The number of methoxy groups -OCH3 is 3. The summed E-state index contributed by atoms with van der Waals surface area (Å²) in [6.45, 7) is 0. The Morgan fingerprint density at radius 2 is 1.79 bits per heavy atom. The van der Waals surface area contributed by atoms with Gasteiger partial charge in [-0.1, -0.05) is 5.92 Å². The zero-order chi connectivity index (χ0) is 14.0. The van der Waals surface area contributed by atoms with Gasteiger partial charge in [0.05, 0.1) is 26.7 Å². The van der Waals surface area contributed by atoms with E-state index in [1.165, 1.54) is 27.4 Å². The molecule has 0 saturated heterocycles. The van der Waals surface area contributed by atoms with Crippen molar-refractivity contribution < 1.29 is 18.6 Å². The smallest absolute Gasteiger partial charge is 0.337 e. The predicted molar refractivity (Wildman–Crippen MR) is 70.1 cm³/mol. The second kappa shape index (κ2) is 4.94. The van der Waals surface area contributed by atoms with Gasteiger partial charge >= 0.3 is 5.63 Å². The first kappa shape index (κ1) is 12.8. The highest BCUT2D eigenvalue weighted by Gasteiger charge is 2.19. The molecule has 1 heterocycles. The maximum atomic E-state index is 11.4. The minimum atomic E-state index is -0.533. The molecule has 2 aromatic rings. The van der Waals surface area contributed by atoms with Crippen molar-refractivity contribution in [2.24, 2.45) is 0 Å². The molecular weight excluding hydrogens is 248 g/mol. The average molecular weight is 260 g/mol. The molecule has 2 rings (SSSR count). The lowest BCUT2D eigenvalue weighted by atomic mass is 10.1. The molecule has 0 N–H and O–H groups in total. The molecule has 0 spiro atoms. The van der Waals surface area contributed by atoms with Crippen molar-refractivity contribution in [2.75, 3.05) is 21.3 Å². The number of rotatable bonds is 3. The number of terminal acetylenes is 1. The molecule has 19 heavy (non-hydrogen) atoms. The number of hydrogen-bond acceptors (Lipinski definition) is 5. The van der Waals surface area contributed by atoms with E-state index in [1.54, 1.807) is 6.07 Å². The summed E-state index contributed by atoms with van der Waals surface area (Å²) in [5.74, 6) is 3.59. The lowest BCUT2D eigenvalue weighted by Crippen LogP contribution is -2.02. The van der Waals surface area contributed by atoms with Crippen molar-refractivity contribution >= 4 is 11.0 Å². The minimum absolute atomic E-state index is 0.287. The van der Waals surface area contributed by atoms with E-state index < -0.39 is 5.63 Å². The highest BCUT2D eigenvalue weighted by molar-refractivity contribution is 5.93. The van der Waals surface area contributed by atoms with E-state index in [-0.39, 0.29) is 5.58 Å². The normalized spacial score (nSPS) is 10.0. The molecule has 0 bridgehead atoms. The van der Waals surface area contributed by atoms with Crippen molar-refractivity contribution in [2.45, 2.75) is 0 Å². The Kier molecular flexibility index (Phi) is 3.34. The number of benzene rings is 1. The first-order valence-electron chi connectivity index (χ1n) is 5.39. The maximum absolute atomic E-state index is 11.4. The fraction of sp³-hybridized carbons (Fsp3) is 0.214. The van der Waals surface area contributed by atoms with Crippen molar-refractivity contribution in [3.63, 3.8) is 0 Å². The largest absolute Gasteiger partial charge is 0.493 e. The molecule has 0 radical (unpaired) electrons. The van der Waals surface area contributed by atoms with E-state index in [9.17, 15) is 4.79 Å². The van der Waals surface area contributed by atoms with Gasteiger partial charge < -0.3 is 18.6 Å². The topological polar surface area (TPSA) is 57.9 Å². The monoisotopic (exact) mass is 260 g/mol. The van der Waals surface area contributed by atoms with Crippen LogP contribution in [0.25, 0.3) is 11.0 Å². The zero-order valence-corrected chi connectivity index (χ0v) is 10.8. The Balaban J connectivity index is 3.02. The quantitative estimate of drug-likeness (QED) is 0.622. The van der Waals surface area contributed by atoms with E-state index >= 15 is 0 Å². The predicted octanol–water partition coefficient (Wildman–Crippen LogP) is 1.80. The third-order valence-electron chi connectivity index (χ3n) is 2.69. The molecule has 0 aliphatic carbocycles. The van der Waals surface area contributed by atoms with Gasteiger partial charge in [-0.3, -0.25) is 0 Å². The lowest BCUT2D eigenvalue weighted by molar-refractivity contribution is 0.326. The number of ether oxygens (including phenoxy) is 3. The Hall–Kier alpha value is -2.61. The van der Waals surface area contributed by atoms with Crippen LogP contribution in [0.1, 0.15) is 5.56 Å². The van der Waals surface area contributed by atoms with Gasteiger partial charge in [0, 0.05) is 17.7 Å². The third kappa shape index (κ3) is 1.97. The van der Waals surface area contributed by atoms with Gasteiger partial charge in [-0.2, -0.15) is 0 Å². The van der Waals surface area contributed by atoms with Crippen LogP contribution in [0, 0.1) is 12.3 Å². The van der Waals surface area contributed by atoms with Crippen molar-refractivity contribution in [3.8, 4) is 29.6 Å². The van der Waals surface area contributed by atoms with E-state index in [4.69, 9.17) is 25.1 Å². The van der Waals surface area contributed by atoms with E-state index in [2.05, 4.69) is 5.92 Å². The van der Waals surface area contributed by atoms with Crippen LogP contribution in [0.2, 0.25) is 0 Å². The van der Waals surface area contributed by atoms with Gasteiger partial charge in [-0.05, 0) is 0 Å². The Morgan fingerprint density at radius 3 is 2.32 bits per heavy atom. The van der Waals surface area contributed by atoms with E-state index in [0.717, 1.165) is 0 Å². The molecule has 0 amide bonds. The summed E-state index contributed by atoms with van der Waals surface area (Å²) in [7, 11) is 4.44. The van der Waals surface area contributed by atoms with Crippen LogP contribution >= 0.6 is 0 Å². The van der Waals surface area contributed by atoms with Crippen LogP contribution in [0.4, 0.5) is 0 Å². The first-order valence-corrected chi connectivity index (χ1v) is 5.39. The van der Waals surface area contributed by atoms with Crippen LogP contribution in [-0.4, -0.2) is 21.3 Å². The molecule has 1 aromatic carbocycles. The van der Waals surface area contributed by atoms with Crippen molar-refractivity contribution in [1.82, 2.24) is 0 Å². The molecule has 0 unspecified atom stereocenters. The Bertz CT molecular complexity index is 721. The van der Waals surface area contributed by atoms with E-state index in [0.29, 0.717) is 28.2 Å². The van der Waals surface area contributed by atoms with Gasteiger partial charge in [0.25, 0.3) is 0 Å². The van der Waals surface area contributed by atoms with Crippen LogP contribution in [0.5, 0.6) is 17.2 Å². The standard InChI is InChI=1S/C14H12O5/c1-5-8-6-11(15)19-9-7-10(16-2)13(17-3)14(18-4)12(8)9/h1,6-7H,2-4H3. The summed E-state index contributed by atoms with van der Waals surface area (Å²) >= 11 is 0. The van der Waals surface area contributed by atoms with Gasteiger partial charge in [0.1, 0.15) is 5.58 Å². The third-order valence-corrected chi connectivity index (χ3v) is 2.69. The fourth-order valence-corrected chi connectivity index (χ4v) is 1.91. The Morgan fingerprint density at radius 1 is 1.11 bits per heavy atom. The Labute approximate surface area is 109 Å². The van der Waals surface area contributed by atoms with Crippen LogP contribution in [0.3, 0.4) is 0 Å². The molecule has 0 saturated carbocycles. The molecular formula is C14H12O5. The highest BCUT2D eigenvalue weighted by atomic mass is 16.5. The maximum Gasteiger partial charge on any atom is 0.337 e. The van der Waals surface area contributed by atoms with Gasteiger partial charge in [-0.25, -0.2) is 4.79 Å². The summed E-state index contributed by atoms with van der Waals surface area (Å²) in [5.41, 5.74) is 0.133. The summed E-state index contributed by atoms with van der Waals surface area (Å²) in [6.07, 6.45) is 5.41. The summed E-state index contributed by atoms with van der Waals surface area (Å²) < 4.78 is 20.9. The molecule has 5 nitrogen and oxygen atoms in total. The summed E-state index contributed by atoms with van der Waals surface area (Å²) in [4.78, 5) is 11.4. The number of hydrogen-bond donors (Lipinski definition) is 0. The van der Waals surface area contributed by atoms with Gasteiger partial charge in [0.15, 0.2) is 11.5 Å². The van der Waals surface area contributed by atoms with Crippen LogP contribution in [-0.2, 0) is 0 Å². The molecule has 0 fully saturated rings. The SMILES string of the molecule is C#Cc1cc(=O)oc2cc(OC)c(OC)c(OC)c12. The zero-order valence-electron chi connectivity index (χ0n) is 10.8. The highest BCUT2D eigenvalue weighted by Crippen LogP contribution is 2.43. The second-order valence-corrected chi connectivity index (χ2v) is 3.64. The van der Waals surface area contributed by atoms with Crippen LogP contribution in [0.15, 0.2) is 21.3 Å². The second-order valence-electron chi connectivity index (χ2n) is 3.64. The average Bonchev–Trinajstić information content (AvgIpc) is 2.43. The summed E-state index contributed by atoms with van der Waals surface area (Å²) in [5, 5.41) is 0.502. The van der Waals surface area contributed by atoms with Crippen molar-refractivity contribution in [3.05, 3.63) is 28.1 Å². The first-order chi connectivity index (χ1) is 9.15. The number of fused-ring (bicyclic) bond motifs is 1. The minimum Gasteiger partial charge on any atom is -0.493 e. The molecule has 5 heteroatoms. The lowest BCUT2D eigenvalue weighted by Gasteiger charge is -2.14. The molecule has 0 aliphatic heterocycles. The fourth-order valence-electron chi connectivity index (χ4n) is 1.91. The summed E-state index contributed by atoms with van der Waals surface area (Å²) in [6, 6.07) is 2.77. The van der Waals surface area contributed by atoms with E-state index in [1.807, 2.05) is 0 Å². The molecule has 1 aromatic heterocycles.